The Morgan fingerprint density at radius 1 is 1.05 bits per heavy atom. The molecule has 2 aromatic rings. The van der Waals surface area contributed by atoms with Crippen LogP contribution in [0.15, 0.2) is 36.4 Å². The summed E-state index contributed by atoms with van der Waals surface area (Å²) >= 11 is 5.90. The van der Waals surface area contributed by atoms with E-state index in [-0.39, 0.29) is 6.61 Å². The third-order valence-corrected chi connectivity index (χ3v) is 3.09. The maximum atomic E-state index is 9.05. The Bertz CT molecular complexity index is 745. The first-order valence-electron chi connectivity index (χ1n) is 6.07. The van der Waals surface area contributed by atoms with E-state index in [0.29, 0.717) is 27.6 Å². The first-order chi connectivity index (χ1) is 10.2. The summed E-state index contributed by atoms with van der Waals surface area (Å²) in [6.45, 7) is 0.174. The molecule has 0 bridgehead atoms. The van der Waals surface area contributed by atoms with Crippen molar-refractivity contribution in [2.45, 2.75) is 6.61 Å². The summed E-state index contributed by atoms with van der Waals surface area (Å²) in [5.41, 5.74) is 1.64. The Morgan fingerprint density at radius 3 is 2.52 bits per heavy atom. The van der Waals surface area contributed by atoms with Gasteiger partial charge in [-0.15, -0.1) is 0 Å². The first-order valence-corrected chi connectivity index (χ1v) is 6.45. The zero-order chi connectivity index (χ0) is 15.2. The fourth-order valence-electron chi connectivity index (χ4n) is 1.82. The molecule has 0 aliphatic heterocycles. The normalized spacial score (nSPS) is 9.52. The average molecular weight is 299 g/mol. The third-order valence-electron chi connectivity index (χ3n) is 2.86. The van der Waals surface area contributed by atoms with Crippen molar-refractivity contribution >= 4 is 11.6 Å². The topological polar surface area (TPSA) is 66.0 Å². The molecule has 21 heavy (non-hydrogen) atoms. The van der Waals surface area contributed by atoms with E-state index in [9.17, 15) is 0 Å². The molecular weight excluding hydrogens is 288 g/mol. The Balaban J connectivity index is 2.26. The summed E-state index contributed by atoms with van der Waals surface area (Å²) in [5.74, 6) is 1.02. The second-order valence-electron chi connectivity index (χ2n) is 4.18. The highest BCUT2D eigenvalue weighted by molar-refractivity contribution is 6.30. The van der Waals surface area contributed by atoms with Crippen molar-refractivity contribution in [1.82, 2.24) is 0 Å². The van der Waals surface area contributed by atoms with Crippen molar-refractivity contribution in [3.63, 3.8) is 0 Å². The molecule has 0 spiro atoms. The van der Waals surface area contributed by atoms with Crippen molar-refractivity contribution in [3.8, 4) is 23.6 Å². The number of benzene rings is 2. The number of methoxy groups -OCH3 is 1. The van der Waals surface area contributed by atoms with Gasteiger partial charge in [0, 0.05) is 16.7 Å². The second-order valence-corrected chi connectivity index (χ2v) is 4.62. The van der Waals surface area contributed by atoms with Gasteiger partial charge in [0.25, 0.3) is 0 Å². The molecule has 5 heteroatoms. The molecule has 0 radical (unpaired) electrons. The molecule has 0 saturated heterocycles. The van der Waals surface area contributed by atoms with Crippen LogP contribution >= 0.6 is 11.6 Å². The van der Waals surface area contributed by atoms with Gasteiger partial charge in [-0.3, -0.25) is 0 Å². The smallest absolute Gasteiger partial charge is 0.139 e. The zero-order valence-electron chi connectivity index (χ0n) is 11.3. The van der Waals surface area contributed by atoms with E-state index in [1.54, 1.807) is 43.5 Å². The van der Waals surface area contributed by atoms with Gasteiger partial charge in [-0.1, -0.05) is 11.6 Å². The number of rotatable bonds is 4. The Morgan fingerprint density at radius 2 is 1.86 bits per heavy atom. The monoisotopic (exact) mass is 298 g/mol. The van der Waals surface area contributed by atoms with Gasteiger partial charge in [-0.05, 0) is 30.3 Å². The summed E-state index contributed by atoms with van der Waals surface area (Å²) in [4.78, 5) is 0. The van der Waals surface area contributed by atoms with E-state index in [0.717, 1.165) is 5.56 Å². The third kappa shape index (κ3) is 3.45. The summed E-state index contributed by atoms with van der Waals surface area (Å²) in [7, 11) is 1.55. The molecule has 0 N–H and O–H groups in total. The number of hydrogen-bond acceptors (Lipinski definition) is 4. The molecule has 0 aromatic heterocycles. The highest BCUT2D eigenvalue weighted by atomic mass is 35.5. The van der Waals surface area contributed by atoms with Crippen LogP contribution in [-0.4, -0.2) is 7.11 Å². The molecule has 0 atom stereocenters. The molecule has 0 amide bonds. The number of ether oxygens (including phenoxy) is 2. The van der Waals surface area contributed by atoms with Crippen molar-refractivity contribution in [2.75, 3.05) is 7.11 Å². The number of nitriles is 2. The fraction of sp³-hybridized carbons (Fsp3) is 0.125. The van der Waals surface area contributed by atoms with E-state index >= 15 is 0 Å². The number of nitrogens with zero attached hydrogens (tertiary/aromatic N) is 2. The van der Waals surface area contributed by atoms with Crippen molar-refractivity contribution in [1.29, 1.82) is 10.5 Å². The minimum absolute atomic E-state index is 0.174. The maximum Gasteiger partial charge on any atom is 0.139 e. The van der Waals surface area contributed by atoms with Gasteiger partial charge in [0.1, 0.15) is 24.2 Å². The second kappa shape index (κ2) is 6.65. The van der Waals surface area contributed by atoms with Crippen LogP contribution in [0, 0.1) is 22.7 Å². The lowest BCUT2D eigenvalue weighted by atomic mass is 10.1. The molecule has 2 rings (SSSR count). The van der Waals surface area contributed by atoms with E-state index < -0.39 is 0 Å². The average Bonchev–Trinajstić information content (AvgIpc) is 2.52. The van der Waals surface area contributed by atoms with Crippen LogP contribution in [-0.2, 0) is 6.61 Å². The highest BCUT2D eigenvalue weighted by Crippen LogP contribution is 2.26. The van der Waals surface area contributed by atoms with Crippen LogP contribution in [0.2, 0.25) is 5.02 Å². The standard InChI is InChI=1S/C16H11ClN2O2/c1-20-15-5-2-11(8-18)6-13(15)10-21-16-7-14(17)4-3-12(16)9-19/h2-7H,10H2,1H3. The molecule has 4 nitrogen and oxygen atoms in total. The summed E-state index contributed by atoms with van der Waals surface area (Å²) in [5, 5.41) is 18.5. The minimum atomic E-state index is 0.174. The van der Waals surface area contributed by atoms with Crippen LogP contribution in [0.25, 0.3) is 0 Å². The Labute approximate surface area is 127 Å². The van der Waals surface area contributed by atoms with Gasteiger partial charge in [-0.2, -0.15) is 10.5 Å². The maximum absolute atomic E-state index is 9.05. The Hall–Kier alpha value is -2.69. The minimum Gasteiger partial charge on any atom is -0.496 e. The van der Waals surface area contributed by atoms with Gasteiger partial charge in [0.05, 0.1) is 24.3 Å². The summed E-state index contributed by atoms with van der Waals surface area (Å²) in [6, 6.07) is 14.0. The van der Waals surface area contributed by atoms with E-state index in [4.69, 9.17) is 31.6 Å². The largest absolute Gasteiger partial charge is 0.496 e. The predicted octanol–water partition coefficient (Wildman–Crippen LogP) is 3.67. The Kier molecular flexibility index (Phi) is 4.66. The van der Waals surface area contributed by atoms with Gasteiger partial charge >= 0.3 is 0 Å². The van der Waals surface area contributed by atoms with Gasteiger partial charge < -0.3 is 9.47 Å². The molecule has 104 valence electrons. The van der Waals surface area contributed by atoms with Crippen LogP contribution in [0.4, 0.5) is 0 Å². The number of halogens is 1. The molecule has 0 fully saturated rings. The van der Waals surface area contributed by atoms with Crippen LogP contribution in [0.5, 0.6) is 11.5 Å². The predicted molar refractivity (Wildman–Crippen MR) is 78.2 cm³/mol. The lowest BCUT2D eigenvalue weighted by Crippen LogP contribution is -2.00. The molecule has 0 aliphatic carbocycles. The van der Waals surface area contributed by atoms with E-state index in [1.807, 2.05) is 6.07 Å². The van der Waals surface area contributed by atoms with Gasteiger partial charge in [0.15, 0.2) is 0 Å². The molecule has 0 heterocycles. The van der Waals surface area contributed by atoms with Crippen LogP contribution in [0.1, 0.15) is 16.7 Å². The van der Waals surface area contributed by atoms with Crippen molar-refractivity contribution in [2.24, 2.45) is 0 Å². The van der Waals surface area contributed by atoms with Gasteiger partial charge in [-0.25, -0.2) is 0 Å². The van der Waals surface area contributed by atoms with Crippen LogP contribution < -0.4 is 9.47 Å². The lowest BCUT2D eigenvalue weighted by Gasteiger charge is -2.11. The van der Waals surface area contributed by atoms with E-state index in [2.05, 4.69) is 6.07 Å². The molecular formula is C16H11ClN2O2. The molecule has 2 aromatic carbocycles. The van der Waals surface area contributed by atoms with E-state index in [1.165, 1.54) is 0 Å². The molecule has 0 saturated carbocycles. The molecule has 0 aliphatic rings. The van der Waals surface area contributed by atoms with Crippen molar-refractivity contribution < 1.29 is 9.47 Å². The van der Waals surface area contributed by atoms with Crippen molar-refractivity contribution in [3.05, 3.63) is 58.1 Å². The highest BCUT2D eigenvalue weighted by Gasteiger charge is 2.08. The number of hydrogen-bond donors (Lipinski definition) is 0. The fourth-order valence-corrected chi connectivity index (χ4v) is 1.99. The summed E-state index contributed by atoms with van der Waals surface area (Å²) < 4.78 is 10.9. The lowest BCUT2D eigenvalue weighted by molar-refractivity contribution is 0.296. The van der Waals surface area contributed by atoms with Crippen LogP contribution in [0.3, 0.4) is 0 Å². The zero-order valence-corrected chi connectivity index (χ0v) is 12.0. The first kappa shape index (κ1) is 14.7. The summed E-state index contributed by atoms with van der Waals surface area (Å²) in [6.07, 6.45) is 0. The van der Waals surface area contributed by atoms with Gasteiger partial charge in [0.2, 0.25) is 0 Å². The SMILES string of the molecule is COc1ccc(C#N)cc1COc1cc(Cl)ccc1C#N. The molecule has 0 unspecified atom stereocenters. The quantitative estimate of drug-likeness (QED) is 0.863.